The number of benzene rings is 3. The van der Waals surface area contributed by atoms with Gasteiger partial charge in [-0.3, -0.25) is 4.79 Å². The highest BCUT2D eigenvalue weighted by atomic mass is 19.1. The van der Waals surface area contributed by atoms with Crippen LogP contribution in [0.5, 0.6) is 11.5 Å². The minimum Gasteiger partial charge on any atom is -0.492 e. The Kier molecular flexibility index (Phi) is 6.05. The first-order valence-corrected chi connectivity index (χ1v) is 8.67. The Labute approximate surface area is 157 Å². The molecule has 3 aromatic carbocycles. The maximum atomic E-state index is 13.0. The highest BCUT2D eigenvalue weighted by Crippen LogP contribution is 2.26. The summed E-state index contributed by atoms with van der Waals surface area (Å²) in [4.78, 5) is 12.8. The van der Waals surface area contributed by atoms with E-state index in [-0.39, 0.29) is 18.3 Å². The Bertz CT molecular complexity index is 909. The zero-order chi connectivity index (χ0) is 19.1. The number of rotatable bonds is 7. The number of hydrogen-bond acceptors (Lipinski definition) is 3. The minimum absolute atomic E-state index is 0.236. The van der Waals surface area contributed by atoms with Gasteiger partial charge >= 0.3 is 0 Å². The van der Waals surface area contributed by atoms with Crippen molar-refractivity contribution >= 4 is 11.6 Å². The SMILES string of the molecule is CCOc1ccccc1NC(=O)c1ccccc1OCc1ccc(F)cc1. The molecule has 0 saturated carbocycles. The van der Waals surface area contributed by atoms with Gasteiger partial charge in [0.2, 0.25) is 0 Å². The van der Waals surface area contributed by atoms with E-state index in [0.29, 0.717) is 29.4 Å². The Morgan fingerprint density at radius 2 is 1.56 bits per heavy atom. The number of carbonyl (C=O) groups excluding carboxylic acids is 1. The van der Waals surface area contributed by atoms with Crippen LogP contribution in [0.4, 0.5) is 10.1 Å². The van der Waals surface area contributed by atoms with Gasteiger partial charge in [0.1, 0.15) is 23.9 Å². The third-order valence-corrected chi connectivity index (χ3v) is 3.87. The molecule has 0 aliphatic heterocycles. The highest BCUT2D eigenvalue weighted by Gasteiger charge is 2.14. The van der Waals surface area contributed by atoms with E-state index in [1.165, 1.54) is 12.1 Å². The number of ether oxygens (including phenoxy) is 2. The lowest BCUT2D eigenvalue weighted by atomic mass is 10.1. The lowest BCUT2D eigenvalue weighted by Crippen LogP contribution is -2.14. The van der Waals surface area contributed by atoms with Crippen LogP contribution in [0.25, 0.3) is 0 Å². The molecule has 3 aromatic rings. The van der Waals surface area contributed by atoms with Crippen molar-refractivity contribution in [2.75, 3.05) is 11.9 Å². The summed E-state index contributed by atoms with van der Waals surface area (Å²) in [5, 5.41) is 2.86. The molecule has 27 heavy (non-hydrogen) atoms. The molecule has 0 fully saturated rings. The second kappa shape index (κ2) is 8.85. The third-order valence-electron chi connectivity index (χ3n) is 3.87. The van der Waals surface area contributed by atoms with Gasteiger partial charge in [-0.15, -0.1) is 0 Å². The molecule has 4 nitrogen and oxygen atoms in total. The van der Waals surface area contributed by atoms with Crippen LogP contribution < -0.4 is 14.8 Å². The van der Waals surface area contributed by atoms with Crippen LogP contribution in [-0.4, -0.2) is 12.5 Å². The monoisotopic (exact) mass is 365 g/mol. The van der Waals surface area contributed by atoms with Gasteiger partial charge in [0.25, 0.3) is 5.91 Å². The first-order chi connectivity index (χ1) is 13.2. The average molecular weight is 365 g/mol. The number of amides is 1. The van der Waals surface area contributed by atoms with E-state index in [4.69, 9.17) is 9.47 Å². The van der Waals surface area contributed by atoms with Gasteiger partial charge in [0.15, 0.2) is 0 Å². The summed E-state index contributed by atoms with van der Waals surface area (Å²) in [5.41, 5.74) is 1.82. The molecule has 0 bridgehead atoms. The summed E-state index contributed by atoms with van der Waals surface area (Å²) in [5.74, 6) is 0.467. The molecule has 0 radical (unpaired) electrons. The van der Waals surface area contributed by atoms with E-state index in [0.717, 1.165) is 5.56 Å². The van der Waals surface area contributed by atoms with Crippen LogP contribution in [0, 0.1) is 5.82 Å². The number of halogens is 1. The van der Waals surface area contributed by atoms with Crippen LogP contribution in [0.2, 0.25) is 0 Å². The molecule has 0 atom stereocenters. The molecule has 1 amide bonds. The minimum atomic E-state index is -0.300. The van der Waals surface area contributed by atoms with E-state index in [9.17, 15) is 9.18 Å². The predicted molar refractivity (Wildman–Crippen MR) is 103 cm³/mol. The zero-order valence-corrected chi connectivity index (χ0v) is 14.9. The molecular formula is C22H20FNO3. The fraction of sp³-hybridized carbons (Fsp3) is 0.136. The third kappa shape index (κ3) is 4.85. The van der Waals surface area contributed by atoms with Crippen LogP contribution in [-0.2, 0) is 6.61 Å². The van der Waals surface area contributed by atoms with Gasteiger partial charge in [-0.05, 0) is 48.9 Å². The molecule has 3 rings (SSSR count). The fourth-order valence-electron chi connectivity index (χ4n) is 2.56. The molecule has 138 valence electrons. The molecule has 0 heterocycles. The number of nitrogens with one attached hydrogen (secondary N) is 1. The Hall–Kier alpha value is -3.34. The molecule has 0 spiro atoms. The van der Waals surface area contributed by atoms with Crippen molar-refractivity contribution in [3.63, 3.8) is 0 Å². The summed E-state index contributed by atoms with van der Waals surface area (Å²) in [6.45, 7) is 2.63. The quantitative estimate of drug-likeness (QED) is 0.637. The van der Waals surface area contributed by atoms with E-state index < -0.39 is 0 Å². The van der Waals surface area contributed by atoms with Gasteiger partial charge in [-0.1, -0.05) is 36.4 Å². The Balaban J connectivity index is 1.75. The average Bonchev–Trinajstić information content (AvgIpc) is 2.69. The standard InChI is InChI=1S/C22H20FNO3/c1-2-26-21-10-6-4-8-19(21)24-22(25)18-7-3-5-9-20(18)27-15-16-11-13-17(23)14-12-16/h3-14H,2,15H2,1H3,(H,24,25). The van der Waals surface area contributed by atoms with Crippen molar-refractivity contribution in [3.05, 3.63) is 89.7 Å². The first-order valence-electron chi connectivity index (χ1n) is 8.67. The summed E-state index contributed by atoms with van der Waals surface area (Å²) >= 11 is 0. The van der Waals surface area contributed by atoms with Gasteiger partial charge in [-0.2, -0.15) is 0 Å². The van der Waals surface area contributed by atoms with E-state index in [1.54, 1.807) is 48.5 Å². The second-order valence-electron chi connectivity index (χ2n) is 5.79. The van der Waals surface area contributed by atoms with Crippen LogP contribution in [0.15, 0.2) is 72.8 Å². The van der Waals surface area contributed by atoms with Gasteiger partial charge in [0.05, 0.1) is 17.9 Å². The fourth-order valence-corrected chi connectivity index (χ4v) is 2.56. The van der Waals surface area contributed by atoms with Crippen LogP contribution in [0.1, 0.15) is 22.8 Å². The Morgan fingerprint density at radius 3 is 2.30 bits per heavy atom. The van der Waals surface area contributed by atoms with Crippen molar-refractivity contribution < 1.29 is 18.7 Å². The summed E-state index contributed by atoms with van der Waals surface area (Å²) in [7, 11) is 0. The smallest absolute Gasteiger partial charge is 0.259 e. The Morgan fingerprint density at radius 1 is 0.889 bits per heavy atom. The van der Waals surface area contributed by atoms with Crippen molar-refractivity contribution in [1.29, 1.82) is 0 Å². The van der Waals surface area contributed by atoms with Crippen molar-refractivity contribution in [1.82, 2.24) is 0 Å². The van der Waals surface area contributed by atoms with Gasteiger partial charge < -0.3 is 14.8 Å². The molecule has 0 aliphatic rings. The molecule has 0 saturated heterocycles. The number of anilines is 1. The number of para-hydroxylation sites is 3. The highest BCUT2D eigenvalue weighted by molar-refractivity contribution is 6.06. The molecule has 5 heteroatoms. The summed E-state index contributed by atoms with van der Waals surface area (Å²) in [6.07, 6.45) is 0. The molecule has 0 aliphatic carbocycles. The van der Waals surface area contributed by atoms with Crippen molar-refractivity contribution in [3.8, 4) is 11.5 Å². The summed E-state index contributed by atoms with van der Waals surface area (Å²) < 4.78 is 24.3. The maximum Gasteiger partial charge on any atom is 0.259 e. The number of carbonyl (C=O) groups is 1. The first kappa shape index (κ1) is 18.5. The van der Waals surface area contributed by atoms with Crippen LogP contribution in [0.3, 0.4) is 0 Å². The van der Waals surface area contributed by atoms with Crippen molar-refractivity contribution in [2.45, 2.75) is 13.5 Å². The van der Waals surface area contributed by atoms with Crippen molar-refractivity contribution in [2.24, 2.45) is 0 Å². The number of hydrogen-bond donors (Lipinski definition) is 1. The maximum absolute atomic E-state index is 13.0. The van der Waals surface area contributed by atoms with Gasteiger partial charge in [0, 0.05) is 0 Å². The van der Waals surface area contributed by atoms with Crippen LogP contribution >= 0.6 is 0 Å². The van der Waals surface area contributed by atoms with E-state index in [1.807, 2.05) is 19.1 Å². The zero-order valence-electron chi connectivity index (χ0n) is 14.9. The molecular weight excluding hydrogens is 345 g/mol. The lowest BCUT2D eigenvalue weighted by molar-refractivity contribution is 0.102. The molecule has 0 aromatic heterocycles. The van der Waals surface area contributed by atoms with E-state index >= 15 is 0 Å². The lowest BCUT2D eigenvalue weighted by Gasteiger charge is -2.14. The topological polar surface area (TPSA) is 47.6 Å². The summed E-state index contributed by atoms with van der Waals surface area (Å²) in [6, 6.07) is 20.3. The normalized spacial score (nSPS) is 10.3. The largest absolute Gasteiger partial charge is 0.492 e. The molecule has 1 N–H and O–H groups in total. The predicted octanol–water partition coefficient (Wildman–Crippen LogP) is 5.06. The molecule has 0 unspecified atom stereocenters. The second-order valence-corrected chi connectivity index (χ2v) is 5.79. The van der Waals surface area contributed by atoms with Gasteiger partial charge in [-0.25, -0.2) is 4.39 Å². The van der Waals surface area contributed by atoms with E-state index in [2.05, 4.69) is 5.32 Å².